The van der Waals surface area contributed by atoms with Gasteiger partial charge in [0.25, 0.3) is 0 Å². The van der Waals surface area contributed by atoms with Crippen LogP contribution in [0.25, 0.3) is 0 Å². The smallest absolute Gasteiger partial charge is 0.246 e. The number of hydrogen-bond acceptors (Lipinski definition) is 1. The molecule has 0 fully saturated rings. The van der Waals surface area contributed by atoms with E-state index in [1.54, 1.807) is 25.1 Å². The molecular formula is C17H31NO. The second-order valence-corrected chi connectivity index (χ2v) is 5.28. The molecule has 19 heavy (non-hydrogen) atoms. The summed E-state index contributed by atoms with van der Waals surface area (Å²) in [6.07, 6.45) is 19.5. The van der Waals surface area contributed by atoms with E-state index in [0.717, 1.165) is 6.42 Å². The van der Waals surface area contributed by atoms with Crippen molar-refractivity contribution in [3.8, 4) is 0 Å². The standard InChI is InChI=1S/C17H31NO/c1-4-5-6-7-8-9-10-11-12-13-14-15-16-17(19)18(2)3/h13-16H,4-12H2,1-3H3/b14-13+,16-15+. The maximum absolute atomic E-state index is 11.2. The van der Waals surface area contributed by atoms with E-state index in [1.807, 2.05) is 12.2 Å². The second-order valence-electron chi connectivity index (χ2n) is 5.28. The van der Waals surface area contributed by atoms with Crippen LogP contribution in [0.4, 0.5) is 0 Å². The Morgan fingerprint density at radius 1 is 0.895 bits per heavy atom. The predicted molar refractivity (Wildman–Crippen MR) is 84.2 cm³/mol. The first kappa shape index (κ1) is 17.9. The van der Waals surface area contributed by atoms with Crippen molar-refractivity contribution in [2.45, 2.75) is 64.7 Å². The first-order valence-corrected chi connectivity index (χ1v) is 7.73. The molecule has 0 heterocycles. The van der Waals surface area contributed by atoms with Gasteiger partial charge in [-0.1, -0.05) is 70.1 Å². The minimum Gasteiger partial charge on any atom is -0.345 e. The Balaban J connectivity index is 3.32. The average Bonchev–Trinajstić information content (AvgIpc) is 2.39. The van der Waals surface area contributed by atoms with E-state index < -0.39 is 0 Å². The SMILES string of the molecule is CCCCCCCCCC/C=C/C=C/C(=O)N(C)C. The zero-order chi connectivity index (χ0) is 14.3. The topological polar surface area (TPSA) is 20.3 Å². The molecular weight excluding hydrogens is 234 g/mol. The Morgan fingerprint density at radius 2 is 1.47 bits per heavy atom. The molecule has 110 valence electrons. The number of carbonyl (C=O) groups is 1. The van der Waals surface area contributed by atoms with Crippen molar-refractivity contribution in [2.24, 2.45) is 0 Å². The lowest BCUT2D eigenvalue weighted by Crippen LogP contribution is -2.18. The van der Waals surface area contributed by atoms with Crippen molar-refractivity contribution in [3.63, 3.8) is 0 Å². The molecule has 2 nitrogen and oxygen atoms in total. The van der Waals surface area contributed by atoms with Crippen LogP contribution in [0, 0.1) is 0 Å². The molecule has 0 atom stereocenters. The predicted octanol–water partition coefficient (Wildman–Crippen LogP) is 4.72. The second kappa shape index (κ2) is 13.4. The number of carbonyl (C=O) groups excluding carboxylic acids is 1. The van der Waals surface area contributed by atoms with Crippen LogP contribution in [-0.4, -0.2) is 24.9 Å². The van der Waals surface area contributed by atoms with Gasteiger partial charge in [0.05, 0.1) is 0 Å². The summed E-state index contributed by atoms with van der Waals surface area (Å²) in [5.41, 5.74) is 0. The summed E-state index contributed by atoms with van der Waals surface area (Å²) in [5, 5.41) is 0. The molecule has 0 aromatic rings. The summed E-state index contributed by atoms with van der Waals surface area (Å²) >= 11 is 0. The first-order valence-electron chi connectivity index (χ1n) is 7.73. The van der Waals surface area contributed by atoms with E-state index in [9.17, 15) is 4.79 Å². The molecule has 0 aliphatic rings. The summed E-state index contributed by atoms with van der Waals surface area (Å²) in [6, 6.07) is 0. The van der Waals surface area contributed by atoms with Gasteiger partial charge in [-0.3, -0.25) is 4.79 Å². The highest BCUT2D eigenvalue weighted by atomic mass is 16.2. The number of nitrogens with zero attached hydrogens (tertiary/aromatic N) is 1. The van der Waals surface area contributed by atoms with Gasteiger partial charge in [0.15, 0.2) is 0 Å². The van der Waals surface area contributed by atoms with Crippen molar-refractivity contribution < 1.29 is 4.79 Å². The van der Waals surface area contributed by atoms with E-state index >= 15 is 0 Å². The van der Waals surface area contributed by atoms with Gasteiger partial charge >= 0.3 is 0 Å². The third kappa shape index (κ3) is 13.2. The lowest BCUT2D eigenvalue weighted by molar-refractivity contribution is -0.123. The summed E-state index contributed by atoms with van der Waals surface area (Å²) < 4.78 is 0. The molecule has 0 saturated heterocycles. The number of likely N-dealkylation sites (N-methyl/N-ethyl adjacent to an activating group) is 1. The fourth-order valence-electron chi connectivity index (χ4n) is 1.86. The molecule has 2 heteroatoms. The molecule has 0 saturated carbocycles. The molecule has 0 rings (SSSR count). The fraction of sp³-hybridized carbons (Fsp3) is 0.706. The monoisotopic (exact) mass is 265 g/mol. The van der Waals surface area contributed by atoms with Crippen LogP contribution in [0.5, 0.6) is 0 Å². The summed E-state index contributed by atoms with van der Waals surface area (Å²) in [7, 11) is 3.52. The highest BCUT2D eigenvalue weighted by molar-refractivity contribution is 5.87. The van der Waals surface area contributed by atoms with E-state index in [2.05, 4.69) is 13.0 Å². The zero-order valence-electron chi connectivity index (χ0n) is 13.0. The van der Waals surface area contributed by atoms with Gasteiger partial charge in [-0.15, -0.1) is 0 Å². The molecule has 0 aromatic carbocycles. The van der Waals surface area contributed by atoms with Gasteiger partial charge in [0, 0.05) is 20.2 Å². The van der Waals surface area contributed by atoms with Gasteiger partial charge < -0.3 is 4.90 Å². The highest BCUT2D eigenvalue weighted by Gasteiger charge is 1.94. The molecule has 1 amide bonds. The van der Waals surface area contributed by atoms with E-state index in [4.69, 9.17) is 0 Å². The third-order valence-electron chi connectivity index (χ3n) is 3.15. The summed E-state index contributed by atoms with van der Waals surface area (Å²) in [5.74, 6) is 0.0386. The van der Waals surface area contributed by atoms with Gasteiger partial charge in [0.2, 0.25) is 5.91 Å². The Hall–Kier alpha value is -1.05. The van der Waals surface area contributed by atoms with Crippen LogP contribution in [0.1, 0.15) is 64.7 Å². The first-order chi connectivity index (χ1) is 9.18. The van der Waals surface area contributed by atoms with Crippen molar-refractivity contribution in [1.82, 2.24) is 4.90 Å². The molecule has 0 aromatic heterocycles. The summed E-state index contributed by atoms with van der Waals surface area (Å²) in [4.78, 5) is 12.8. The van der Waals surface area contributed by atoms with Crippen LogP contribution < -0.4 is 0 Å². The number of allylic oxidation sites excluding steroid dienone is 3. The van der Waals surface area contributed by atoms with E-state index in [0.29, 0.717) is 0 Å². The molecule has 0 bridgehead atoms. The zero-order valence-corrected chi connectivity index (χ0v) is 13.0. The molecule has 0 unspecified atom stereocenters. The average molecular weight is 265 g/mol. The van der Waals surface area contributed by atoms with Crippen LogP contribution in [0.15, 0.2) is 24.3 Å². The van der Waals surface area contributed by atoms with Gasteiger partial charge in [-0.2, -0.15) is 0 Å². The van der Waals surface area contributed by atoms with Crippen LogP contribution in [-0.2, 0) is 4.79 Å². The number of amides is 1. The lowest BCUT2D eigenvalue weighted by Gasteiger charge is -2.04. The number of hydrogen-bond donors (Lipinski definition) is 0. The highest BCUT2D eigenvalue weighted by Crippen LogP contribution is 2.09. The minimum atomic E-state index is 0.0386. The van der Waals surface area contributed by atoms with Crippen molar-refractivity contribution >= 4 is 5.91 Å². The van der Waals surface area contributed by atoms with Crippen LogP contribution in [0.2, 0.25) is 0 Å². The van der Waals surface area contributed by atoms with Crippen molar-refractivity contribution in [1.29, 1.82) is 0 Å². The van der Waals surface area contributed by atoms with Gasteiger partial charge in [-0.05, 0) is 12.8 Å². The number of rotatable bonds is 11. The Bertz CT molecular complexity index is 266. The summed E-state index contributed by atoms with van der Waals surface area (Å²) in [6.45, 7) is 2.26. The van der Waals surface area contributed by atoms with Gasteiger partial charge in [-0.25, -0.2) is 0 Å². The molecule has 0 N–H and O–H groups in total. The quantitative estimate of drug-likeness (QED) is 0.301. The largest absolute Gasteiger partial charge is 0.345 e. The minimum absolute atomic E-state index is 0.0386. The normalized spacial score (nSPS) is 11.5. The van der Waals surface area contributed by atoms with Crippen LogP contribution >= 0.6 is 0 Å². The molecule has 0 spiro atoms. The number of unbranched alkanes of at least 4 members (excludes halogenated alkanes) is 8. The molecule has 0 aliphatic heterocycles. The lowest BCUT2D eigenvalue weighted by atomic mass is 10.1. The van der Waals surface area contributed by atoms with Crippen molar-refractivity contribution in [2.75, 3.05) is 14.1 Å². The van der Waals surface area contributed by atoms with E-state index in [1.165, 1.54) is 51.4 Å². The van der Waals surface area contributed by atoms with Crippen LogP contribution in [0.3, 0.4) is 0 Å². The molecule has 0 aliphatic carbocycles. The molecule has 0 radical (unpaired) electrons. The Kier molecular flexibility index (Phi) is 12.6. The van der Waals surface area contributed by atoms with Gasteiger partial charge in [0.1, 0.15) is 0 Å². The maximum Gasteiger partial charge on any atom is 0.246 e. The maximum atomic E-state index is 11.2. The van der Waals surface area contributed by atoms with E-state index in [-0.39, 0.29) is 5.91 Å². The fourth-order valence-corrected chi connectivity index (χ4v) is 1.86. The Labute approximate surface area is 119 Å². The third-order valence-corrected chi connectivity index (χ3v) is 3.15. The van der Waals surface area contributed by atoms with Crippen molar-refractivity contribution in [3.05, 3.63) is 24.3 Å². The Morgan fingerprint density at radius 3 is 2.05 bits per heavy atom.